The molecule has 1 aliphatic heterocycles. The Hall–Kier alpha value is -1.44. The number of ether oxygens (including phenoxy) is 1. The summed E-state index contributed by atoms with van der Waals surface area (Å²) < 4.78 is 4.34. The predicted molar refractivity (Wildman–Crippen MR) is 70.1 cm³/mol. The second-order valence-electron chi connectivity index (χ2n) is 4.04. The van der Waals surface area contributed by atoms with Crippen LogP contribution in [0.4, 0.5) is 11.4 Å². The van der Waals surface area contributed by atoms with E-state index in [1.807, 2.05) is 6.26 Å². The lowest BCUT2D eigenvalue weighted by atomic mass is 10.0. The van der Waals surface area contributed by atoms with Crippen LogP contribution >= 0.6 is 11.8 Å². The SMILES string of the molecule is COc1cc(N([O-])O)cc2c1NC(=O)C2(C)SC. The van der Waals surface area contributed by atoms with E-state index in [0.29, 0.717) is 17.0 Å². The molecule has 2 N–H and O–H groups in total. The van der Waals surface area contributed by atoms with Crippen LogP contribution in [0.25, 0.3) is 0 Å². The van der Waals surface area contributed by atoms with Crippen LogP contribution in [0.5, 0.6) is 5.75 Å². The van der Waals surface area contributed by atoms with E-state index in [1.165, 1.54) is 31.0 Å². The van der Waals surface area contributed by atoms with Crippen LogP contribution in [0.2, 0.25) is 0 Å². The second-order valence-corrected chi connectivity index (χ2v) is 5.26. The zero-order chi connectivity index (χ0) is 13.5. The molecule has 0 aliphatic carbocycles. The minimum absolute atomic E-state index is 0.0300. The first-order chi connectivity index (χ1) is 8.43. The van der Waals surface area contributed by atoms with E-state index in [4.69, 9.17) is 9.94 Å². The van der Waals surface area contributed by atoms with Gasteiger partial charge in [-0.15, -0.1) is 11.8 Å². The zero-order valence-electron chi connectivity index (χ0n) is 10.2. The topological polar surface area (TPSA) is 84.9 Å². The van der Waals surface area contributed by atoms with Gasteiger partial charge in [0.15, 0.2) is 0 Å². The van der Waals surface area contributed by atoms with Gasteiger partial charge in [-0.05, 0) is 19.2 Å². The van der Waals surface area contributed by atoms with Gasteiger partial charge < -0.3 is 20.5 Å². The van der Waals surface area contributed by atoms with Crippen molar-refractivity contribution in [2.45, 2.75) is 11.7 Å². The Morgan fingerprint density at radius 2 is 2.22 bits per heavy atom. The highest BCUT2D eigenvalue weighted by molar-refractivity contribution is 8.00. The van der Waals surface area contributed by atoms with E-state index in [2.05, 4.69) is 5.32 Å². The molecule has 6 nitrogen and oxygen atoms in total. The first kappa shape index (κ1) is 13.0. The largest absolute Gasteiger partial charge is 0.733 e. The number of rotatable bonds is 3. The second kappa shape index (κ2) is 4.34. The van der Waals surface area contributed by atoms with Crippen LogP contribution in [0.1, 0.15) is 12.5 Å². The Morgan fingerprint density at radius 1 is 1.56 bits per heavy atom. The number of carbonyl (C=O) groups is 1. The van der Waals surface area contributed by atoms with Gasteiger partial charge in [0.2, 0.25) is 5.91 Å². The number of carbonyl (C=O) groups excluding carboxylic acids is 1. The fourth-order valence-corrected chi connectivity index (χ4v) is 2.55. The molecule has 0 saturated heterocycles. The smallest absolute Gasteiger partial charge is 0.245 e. The lowest BCUT2D eigenvalue weighted by Crippen LogP contribution is -2.26. The number of hydrogen-bond donors (Lipinski definition) is 2. The Kier molecular flexibility index (Phi) is 3.14. The summed E-state index contributed by atoms with van der Waals surface area (Å²) in [5.41, 5.74) is 1.21. The molecule has 1 amide bonds. The summed E-state index contributed by atoms with van der Waals surface area (Å²) in [6.45, 7) is 1.76. The molecule has 1 atom stereocenters. The van der Waals surface area contributed by atoms with Crippen molar-refractivity contribution in [1.82, 2.24) is 0 Å². The van der Waals surface area contributed by atoms with E-state index in [-0.39, 0.29) is 16.8 Å². The van der Waals surface area contributed by atoms with Gasteiger partial charge in [-0.1, -0.05) is 0 Å². The molecule has 1 heterocycles. The summed E-state index contributed by atoms with van der Waals surface area (Å²) in [6.07, 6.45) is 1.81. The van der Waals surface area contributed by atoms with Crippen molar-refractivity contribution >= 4 is 29.0 Å². The molecule has 0 aromatic heterocycles. The van der Waals surface area contributed by atoms with Crippen LogP contribution in [-0.4, -0.2) is 24.5 Å². The highest BCUT2D eigenvalue weighted by atomic mass is 32.2. The summed E-state index contributed by atoms with van der Waals surface area (Å²) in [5.74, 6) is 0.180. The lowest BCUT2D eigenvalue weighted by molar-refractivity contribution is -0.117. The third-order valence-electron chi connectivity index (χ3n) is 3.12. The van der Waals surface area contributed by atoms with Crippen molar-refractivity contribution in [3.63, 3.8) is 0 Å². The molecule has 18 heavy (non-hydrogen) atoms. The van der Waals surface area contributed by atoms with Crippen LogP contribution in [0.15, 0.2) is 12.1 Å². The highest BCUT2D eigenvalue weighted by Gasteiger charge is 2.44. The summed E-state index contributed by atoms with van der Waals surface area (Å²) in [7, 11) is 1.44. The maximum atomic E-state index is 12.0. The maximum absolute atomic E-state index is 12.0. The van der Waals surface area contributed by atoms with Crippen LogP contribution in [0.3, 0.4) is 0 Å². The van der Waals surface area contributed by atoms with Crippen LogP contribution in [0, 0.1) is 5.21 Å². The molecule has 1 aromatic rings. The van der Waals surface area contributed by atoms with Crippen molar-refractivity contribution in [3.05, 3.63) is 22.9 Å². The number of nitrogens with zero attached hydrogens (tertiary/aromatic N) is 1. The minimum Gasteiger partial charge on any atom is -0.733 e. The summed E-state index contributed by atoms with van der Waals surface area (Å²) in [6, 6.07) is 2.86. The van der Waals surface area contributed by atoms with Crippen LogP contribution in [-0.2, 0) is 9.54 Å². The van der Waals surface area contributed by atoms with Gasteiger partial charge in [0.25, 0.3) is 0 Å². The van der Waals surface area contributed by atoms with Gasteiger partial charge in [0.1, 0.15) is 10.5 Å². The predicted octanol–water partition coefficient (Wildman–Crippen LogP) is 1.92. The molecular formula is C11H13N2O4S-. The Balaban J connectivity index is 2.67. The molecule has 0 fully saturated rings. The molecule has 0 radical (unpaired) electrons. The number of benzene rings is 1. The van der Waals surface area contributed by atoms with Crippen molar-refractivity contribution < 1.29 is 14.7 Å². The summed E-state index contributed by atoms with van der Waals surface area (Å²) in [5, 5.41) is 22.5. The standard InChI is InChI=1S/C11H13N2O4S/c1-11(18-3)7-4-6(13(15)16)5-8(17-2)9(7)12-10(11)14/h4-5,15H,1-3H3,(H,12,14)/q-1. The van der Waals surface area contributed by atoms with E-state index in [0.717, 1.165) is 0 Å². The van der Waals surface area contributed by atoms with E-state index >= 15 is 0 Å². The minimum atomic E-state index is -0.797. The molecule has 2 rings (SSSR count). The molecule has 1 aromatic carbocycles. The van der Waals surface area contributed by atoms with Crippen molar-refractivity contribution in [2.24, 2.45) is 0 Å². The van der Waals surface area contributed by atoms with Crippen molar-refractivity contribution in [2.75, 3.05) is 23.9 Å². The number of fused-ring (bicyclic) bond motifs is 1. The number of thioether (sulfide) groups is 1. The third-order valence-corrected chi connectivity index (χ3v) is 4.34. The van der Waals surface area contributed by atoms with E-state index in [1.54, 1.807) is 6.92 Å². The van der Waals surface area contributed by atoms with Crippen molar-refractivity contribution in [3.8, 4) is 5.75 Å². The fourth-order valence-electron chi connectivity index (χ4n) is 1.94. The first-order valence-corrected chi connectivity index (χ1v) is 6.41. The van der Waals surface area contributed by atoms with Crippen molar-refractivity contribution in [1.29, 1.82) is 0 Å². The van der Waals surface area contributed by atoms with Gasteiger partial charge in [-0.2, -0.15) is 0 Å². The van der Waals surface area contributed by atoms with Gasteiger partial charge in [-0.3, -0.25) is 10.0 Å². The first-order valence-electron chi connectivity index (χ1n) is 5.19. The average molecular weight is 269 g/mol. The summed E-state index contributed by atoms with van der Waals surface area (Å²) in [4.78, 5) is 12.0. The lowest BCUT2D eigenvalue weighted by Gasteiger charge is -2.25. The quantitative estimate of drug-likeness (QED) is 0.815. The highest BCUT2D eigenvalue weighted by Crippen LogP contribution is 2.49. The van der Waals surface area contributed by atoms with E-state index < -0.39 is 4.75 Å². The van der Waals surface area contributed by atoms with Crippen LogP contribution < -0.4 is 15.3 Å². The number of hydrogen-bond acceptors (Lipinski definition) is 6. The number of nitrogens with one attached hydrogen (secondary N) is 1. The molecule has 98 valence electrons. The fraction of sp³-hybridized carbons (Fsp3) is 0.364. The average Bonchev–Trinajstić information content (AvgIpc) is 2.61. The third kappa shape index (κ3) is 1.71. The Labute approximate surface area is 108 Å². The molecule has 0 spiro atoms. The zero-order valence-corrected chi connectivity index (χ0v) is 11.0. The normalized spacial score (nSPS) is 21.5. The molecule has 1 unspecified atom stereocenters. The van der Waals surface area contributed by atoms with Gasteiger partial charge in [0, 0.05) is 11.6 Å². The molecule has 0 saturated carbocycles. The Bertz CT molecular complexity index is 506. The molecule has 7 heteroatoms. The van der Waals surface area contributed by atoms with Gasteiger partial charge >= 0.3 is 0 Å². The van der Waals surface area contributed by atoms with Gasteiger partial charge in [0.05, 0.1) is 18.5 Å². The summed E-state index contributed by atoms with van der Waals surface area (Å²) >= 11 is 1.36. The monoisotopic (exact) mass is 269 g/mol. The Morgan fingerprint density at radius 3 is 2.72 bits per heavy atom. The number of anilines is 2. The maximum Gasteiger partial charge on any atom is 0.245 e. The molecule has 1 aliphatic rings. The number of methoxy groups -OCH3 is 1. The number of amides is 1. The molecular weight excluding hydrogens is 256 g/mol. The molecule has 0 bridgehead atoms. The van der Waals surface area contributed by atoms with E-state index in [9.17, 15) is 10.0 Å². The van der Waals surface area contributed by atoms with Gasteiger partial charge in [-0.25, -0.2) is 0 Å².